The number of imidazole rings is 1. The minimum atomic E-state index is 0.763. The van der Waals surface area contributed by atoms with E-state index in [0.717, 1.165) is 54.6 Å². The largest absolute Gasteiger partial charge is 0.399 e. The minimum absolute atomic E-state index is 0.763. The molecule has 102 valence electrons. The quantitative estimate of drug-likeness (QED) is 0.641. The smallest absolute Gasteiger partial charge is 0.109 e. The van der Waals surface area contributed by atoms with Gasteiger partial charge in [0, 0.05) is 25.3 Å². The first-order valence-corrected chi connectivity index (χ1v) is 7.10. The van der Waals surface area contributed by atoms with E-state index in [2.05, 4.69) is 22.5 Å². The maximum Gasteiger partial charge on any atom is 0.109 e. The van der Waals surface area contributed by atoms with Gasteiger partial charge in [0.1, 0.15) is 5.82 Å². The fraction of sp³-hybridized carbons (Fsp3) is 0.533. The van der Waals surface area contributed by atoms with E-state index in [0.29, 0.717) is 0 Å². The van der Waals surface area contributed by atoms with Crippen LogP contribution in [0.5, 0.6) is 0 Å². The van der Waals surface area contributed by atoms with E-state index in [9.17, 15) is 0 Å². The highest BCUT2D eigenvalue weighted by atomic mass is 16.5. The molecule has 0 atom stereocenters. The van der Waals surface area contributed by atoms with Crippen LogP contribution in [0, 0.1) is 5.92 Å². The van der Waals surface area contributed by atoms with Gasteiger partial charge >= 0.3 is 0 Å². The third-order valence-electron chi connectivity index (χ3n) is 3.68. The molecule has 0 bridgehead atoms. The second-order valence-corrected chi connectivity index (χ2v) is 5.30. The number of ether oxygens (including phenoxy) is 1. The summed E-state index contributed by atoms with van der Waals surface area (Å²) in [4.78, 5) is 4.65. The van der Waals surface area contributed by atoms with Crippen molar-refractivity contribution >= 4 is 16.7 Å². The van der Waals surface area contributed by atoms with Crippen molar-refractivity contribution in [1.82, 2.24) is 9.55 Å². The van der Waals surface area contributed by atoms with Gasteiger partial charge in [0.25, 0.3) is 0 Å². The average Bonchev–Trinajstić information content (AvgIpc) is 3.16. The molecule has 4 nitrogen and oxygen atoms in total. The minimum Gasteiger partial charge on any atom is -0.399 e. The van der Waals surface area contributed by atoms with Gasteiger partial charge in [0.05, 0.1) is 17.6 Å². The fourth-order valence-corrected chi connectivity index (χ4v) is 2.41. The highest BCUT2D eigenvalue weighted by Gasteiger charge is 2.21. The first-order valence-electron chi connectivity index (χ1n) is 7.10. The number of nitrogens with two attached hydrogens (primary N) is 1. The zero-order valence-electron chi connectivity index (χ0n) is 11.4. The third-order valence-corrected chi connectivity index (χ3v) is 3.68. The van der Waals surface area contributed by atoms with Crippen molar-refractivity contribution in [3.05, 3.63) is 24.0 Å². The van der Waals surface area contributed by atoms with Crippen molar-refractivity contribution in [2.45, 2.75) is 32.7 Å². The highest BCUT2D eigenvalue weighted by Crippen LogP contribution is 2.28. The summed E-state index contributed by atoms with van der Waals surface area (Å²) in [5.74, 6) is 1.93. The summed E-state index contributed by atoms with van der Waals surface area (Å²) in [6, 6.07) is 5.93. The molecule has 1 aliphatic carbocycles. The van der Waals surface area contributed by atoms with E-state index in [1.54, 1.807) is 0 Å². The first kappa shape index (κ1) is 12.5. The normalized spacial score (nSPS) is 15.2. The number of hydrogen-bond acceptors (Lipinski definition) is 3. The van der Waals surface area contributed by atoms with Crippen molar-refractivity contribution in [3.63, 3.8) is 0 Å². The molecule has 1 aromatic heterocycles. The Morgan fingerprint density at radius 1 is 1.42 bits per heavy atom. The summed E-state index contributed by atoms with van der Waals surface area (Å²) < 4.78 is 7.98. The molecule has 1 aromatic carbocycles. The lowest BCUT2D eigenvalue weighted by Gasteiger charge is -2.08. The van der Waals surface area contributed by atoms with Gasteiger partial charge in [-0.3, -0.25) is 0 Å². The van der Waals surface area contributed by atoms with E-state index >= 15 is 0 Å². The van der Waals surface area contributed by atoms with Crippen LogP contribution in [0.1, 0.15) is 25.6 Å². The van der Waals surface area contributed by atoms with Gasteiger partial charge in [0.15, 0.2) is 0 Å². The van der Waals surface area contributed by atoms with Crippen LogP contribution in [-0.2, 0) is 17.7 Å². The van der Waals surface area contributed by atoms with Crippen LogP contribution in [0.3, 0.4) is 0 Å². The topological polar surface area (TPSA) is 53.1 Å². The molecule has 3 rings (SSSR count). The Bertz CT molecular complexity index is 572. The summed E-state index contributed by atoms with van der Waals surface area (Å²) in [7, 11) is 0. The number of hydrogen-bond donors (Lipinski definition) is 1. The van der Waals surface area contributed by atoms with E-state index in [1.165, 1.54) is 12.8 Å². The maximum atomic E-state index is 5.81. The molecule has 2 aromatic rings. The van der Waals surface area contributed by atoms with Gasteiger partial charge in [-0.2, -0.15) is 0 Å². The number of anilines is 1. The Morgan fingerprint density at radius 2 is 2.26 bits per heavy atom. The number of nitrogens with zero attached hydrogens (tertiary/aromatic N) is 2. The van der Waals surface area contributed by atoms with Crippen molar-refractivity contribution in [1.29, 1.82) is 0 Å². The standard InChI is InChI=1S/C15H21N3O/c1-2-15-17-13-9-12(16)5-6-14(13)18(15)7-8-19-10-11-3-4-11/h5-6,9,11H,2-4,7-8,10,16H2,1H3. The fourth-order valence-electron chi connectivity index (χ4n) is 2.41. The number of aromatic nitrogens is 2. The maximum absolute atomic E-state index is 5.81. The highest BCUT2D eigenvalue weighted by molar-refractivity contribution is 5.79. The summed E-state index contributed by atoms with van der Waals surface area (Å²) in [5.41, 5.74) is 8.72. The molecule has 19 heavy (non-hydrogen) atoms. The predicted molar refractivity (Wildman–Crippen MR) is 77.1 cm³/mol. The Balaban J connectivity index is 1.75. The molecular formula is C15H21N3O. The predicted octanol–water partition coefficient (Wildman–Crippen LogP) is 2.61. The molecule has 0 radical (unpaired) electrons. The number of benzene rings is 1. The Morgan fingerprint density at radius 3 is 3.00 bits per heavy atom. The van der Waals surface area contributed by atoms with E-state index in [4.69, 9.17) is 10.5 Å². The Hall–Kier alpha value is -1.55. The summed E-state index contributed by atoms with van der Waals surface area (Å²) in [6.07, 6.45) is 3.61. The lowest BCUT2D eigenvalue weighted by Crippen LogP contribution is -2.10. The van der Waals surface area contributed by atoms with Gasteiger partial charge in [0.2, 0.25) is 0 Å². The molecule has 1 heterocycles. The number of aryl methyl sites for hydroxylation is 1. The van der Waals surface area contributed by atoms with Crippen molar-refractivity contribution in [2.24, 2.45) is 5.92 Å². The van der Waals surface area contributed by atoms with Crippen LogP contribution in [0.25, 0.3) is 11.0 Å². The number of rotatable bonds is 6. The molecule has 0 spiro atoms. The average molecular weight is 259 g/mol. The molecule has 1 fully saturated rings. The van der Waals surface area contributed by atoms with Gasteiger partial charge in [-0.05, 0) is 37.0 Å². The first-order chi connectivity index (χ1) is 9.28. The van der Waals surface area contributed by atoms with Crippen LogP contribution in [0.4, 0.5) is 5.69 Å². The second kappa shape index (κ2) is 5.21. The van der Waals surface area contributed by atoms with Crippen LogP contribution in [0.2, 0.25) is 0 Å². The molecule has 1 aliphatic rings. The van der Waals surface area contributed by atoms with Gasteiger partial charge in [-0.25, -0.2) is 4.98 Å². The molecule has 0 saturated heterocycles. The van der Waals surface area contributed by atoms with E-state index in [-0.39, 0.29) is 0 Å². The zero-order valence-corrected chi connectivity index (χ0v) is 11.4. The lowest BCUT2D eigenvalue weighted by atomic mass is 10.3. The molecule has 0 aliphatic heterocycles. The van der Waals surface area contributed by atoms with Crippen molar-refractivity contribution in [2.75, 3.05) is 18.9 Å². The summed E-state index contributed by atoms with van der Waals surface area (Å²) >= 11 is 0. The number of nitrogen functional groups attached to an aromatic ring is 1. The molecular weight excluding hydrogens is 238 g/mol. The van der Waals surface area contributed by atoms with Gasteiger partial charge in [-0.1, -0.05) is 6.92 Å². The Labute approximate surface area is 113 Å². The summed E-state index contributed by atoms with van der Waals surface area (Å²) in [6.45, 7) is 4.68. The number of fused-ring (bicyclic) bond motifs is 1. The van der Waals surface area contributed by atoms with E-state index < -0.39 is 0 Å². The van der Waals surface area contributed by atoms with Crippen molar-refractivity contribution < 1.29 is 4.74 Å². The molecule has 0 unspecified atom stereocenters. The summed E-state index contributed by atoms with van der Waals surface area (Å²) in [5, 5.41) is 0. The van der Waals surface area contributed by atoms with Crippen molar-refractivity contribution in [3.8, 4) is 0 Å². The molecule has 1 saturated carbocycles. The van der Waals surface area contributed by atoms with Gasteiger partial charge in [-0.15, -0.1) is 0 Å². The molecule has 4 heteroatoms. The Kier molecular flexibility index (Phi) is 3.42. The van der Waals surface area contributed by atoms with Gasteiger partial charge < -0.3 is 15.0 Å². The van der Waals surface area contributed by atoms with E-state index in [1.807, 2.05) is 12.1 Å². The third kappa shape index (κ3) is 2.73. The van der Waals surface area contributed by atoms with Crippen LogP contribution < -0.4 is 5.73 Å². The molecule has 2 N–H and O–H groups in total. The monoisotopic (exact) mass is 259 g/mol. The lowest BCUT2D eigenvalue weighted by molar-refractivity contribution is 0.117. The zero-order chi connectivity index (χ0) is 13.2. The van der Waals surface area contributed by atoms with Crippen LogP contribution in [-0.4, -0.2) is 22.8 Å². The second-order valence-electron chi connectivity index (χ2n) is 5.30. The van der Waals surface area contributed by atoms with Crippen LogP contribution in [0.15, 0.2) is 18.2 Å². The molecule has 0 amide bonds. The van der Waals surface area contributed by atoms with Crippen LogP contribution >= 0.6 is 0 Å². The SMILES string of the molecule is CCc1nc2cc(N)ccc2n1CCOCC1CC1.